The molecule has 0 fully saturated rings. The molecule has 0 radical (unpaired) electrons. The Morgan fingerprint density at radius 1 is 1.39 bits per heavy atom. The zero-order valence-corrected chi connectivity index (χ0v) is 12.4. The number of thiazole rings is 1. The first-order chi connectivity index (χ1) is 8.69. The minimum atomic E-state index is 0.827. The summed E-state index contributed by atoms with van der Waals surface area (Å²) in [5.41, 5.74) is 9.09. The molecule has 1 heterocycles. The Hall–Kier alpha value is -1.000. The van der Waals surface area contributed by atoms with Gasteiger partial charge in [0.2, 0.25) is 0 Å². The molecular weight excluding hydrogens is 260 g/mol. The van der Waals surface area contributed by atoms with Crippen molar-refractivity contribution in [3.05, 3.63) is 39.8 Å². The maximum absolute atomic E-state index is 5.81. The van der Waals surface area contributed by atoms with Crippen LogP contribution in [0.25, 0.3) is 0 Å². The molecule has 0 amide bonds. The lowest BCUT2D eigenvalue weighted by Gasteiger charge is -2.05. The first kappa shape index (κ1) is 13.4. The van der Waals surface area contributed by atoms with E-state index in [4.69, 9.17) is 5.73 Å². The van der Waals surface area contributed by atoms with Crippen LogP contribution in [0.15, 0.2) is 28.5 Å². The Kier molecular flexibility index (Phi) is 4.66. The molecule has 0 spiro atoms. The Bertz CT molecular complexity index is 520. The molecule has 0 aliphatic rings. The average Bonchev–Trinajstić information content (AvgIpc) is 2.79. The number of hydrogen-bond acceptors (Lipinski definition) is 4. The number of aromatic nitrogens is 1. The lowest BCUT2D eigenvalue weighted by atomic mass is 10.2. The third-order valence-corrected chi connectivity index (χ3v) is 4.80. The molecule has 2 rings (SSSR count). The van der Waals surface area contributed by atoms with Crippen molar-refractivity contribution < 1.29 is 0 Å². The highest BCUT2D eigenvalue weighted by Gasteiger charge is 2.04. The lowest BCUT2D eigenvalue weighted by Crippen LogP contribution is -1.89. The molecule has 0 saturated heterocycles. The first-order valence-corrected chi connectivity index (χ1v) is 7.97. The normalized spacial score (nSPS) is 10.8. The summed E-state index contributed by atoms with van der Waals surface area (Å²) in [6.07, 6.45) is 2.25. The van der Waals surface area contributed by atoms with Crippen molar-refractivity contribution in [2.45, 2.75) is 37.3 Å². The van der Waals surface area contributed by atoms with Crippen LogP contribution in [-0.2, 0) is 12.2 Å². The third-order valence-electron chi connectivity index (χ3n) is 2.65. The highest BCUT2D eigenvalue weighted by molar-refractivity contribution is 7.98. The lowest BCUT2D eigenvalue weighted by molar-refractivity contribution is 0.902. The van der Waals surface area contributed by atoms with E-state index in [1.807, 2.05) is 23.9 Å². The summed E-state index contributed by atoms with van der Waals surface area (Å²) in [6, 6.07) is 6.06. The highest BCUT2D eigenvalue weighted by Crippen LogP contribution is 2.28. The van der Waals surface area contributed by atoms with Crippen LogP contribution in [0.2, 0.25) is 0 Å². The number of aryl methyl sites for hydroxylation is 2. The summed E-state index contributed by atoms with van der Waals surface area (Å²) >= 11 is 3.58. The molecule has 2 N–H and O–H groups in total. The van der Waals surface area contributed by atoms with E-state index < -0.39 is 0 Å². The maximum atomic E-state index is 5.81. The van der Waals surface area contributed by atoms with E-state index in [-0.39, 0.29) is 0 Å². The molecule has 1 aromatic carbocycles. The quantitative estimate of drug-likeness (QED) is 0.655. The van der Waals surface area contributed by atoms with Crippen LogP contribution in [-0.4, -0.2) is 4.98 Å². The molecular formula is C14H18N2S2. The molecule has 2 aromatic rings. The van der Waals surface area contributed by atoms with Crippen molar-refractivity contribution in [2.75, 3.05) is 5.73 Å². The van der Waals surface area contributed by atoms with Crippen LogP contribution in [0.4, 0.5) is 5.69 Å². The molecule has 4 heteroatoms. The van der Waals surface area contributed by atoms with Gasteiger partial charge in [-0.1, -0.05) is 13.0 Å². The van der Waals surface area contributed by atoms with Gasteiger partial charge in [0.05, 0.1) is 10.7 Å². The second-order valence-corrected chi connectivity index (χ2v) is 6.26. The minimum absolute atomic E-state index is 0.827. The van der Waals surface area contributed by atoms with Gasteiger partial charge in [0, 0.05) is 21.7 Å². The number of hydrogen-bond donors (Lipinski definition) is 1. The van der Waals surface area contributed by atoms with Crippen LogP contribution in [0.5, 0.6) is 0 Å². The van der Waals surface area contributed by atoms with Crippen LogP contribution in [0, 0.1) is 6.92 Å². The van der Waals surface area contributed by atoms with E-state index in [9.17, 15) is 0 Å². The highest BCUT2D eigenvalue weighted by atomic mass is 32.2. The van der Waals surface area contributed by atoms with Crippen LogP contribution in [0.3, 0.4) is 0 Å². The smallest absolute Gasteiger partial charge is 0.0928 e. The van der Waals surface area contributed by atoms with Crippen molar-refractivity contribution >= 4 is 28.8 Å². The van der Waals surface area contributed by atoms with Gasteiger partial charge in [-0.2, -0.15) is 0 Å². The second-order valence-electron chi connectivity index (χ2n) is 4.30. The topological polar surface area (TPSA) is 38.9 Å². The molecule has 18 heavy (non-hydrogen) atoms. The van der Waals surface area contributed by atoms with E-state index >= 15 is 0 Å². The van der Waals surface area contributed by atoms with Gasteiger partial charge in [0.1, 0.15) is 0 Å². The van der Waals surface area contributed by atoms with Crippen LogP contribution < -0.4 is 5.73 Å². The Morgan fingerprint density at radius 2 is 2.22 bits per heavy atom. The molecule has 0 aliphatic carbocycles. The van der Waals surface area contributed by atoms with Crippen LogP contribution in [0.1, 0.15) is 29.6 Å². The number of thioether (sulfide) groups is 1. The predicted octanol–water partition coefficient (Wildman–Crippen LogP) is 4.28. The number of anilines is 1. The van der Waals surface area contributed by atoms with Gasteiger partial charge in [0.25, 0.3) is 0 Å². The van der Waals surface area contributed by atoms with Gasteiger partial charge in [-0.15, -0.1) is 23.1 Å². The molecule has 2 nitrogen and oxygen atoms in total. The van der Waals surface area contributed by atoms with Gasteiger partial charge in [0.15, 0.2) is 0 Å². The number of rotatable bonds is 5. The molecule has 0 bridgehead atoms. The number of nitrogen functional groups attached to an aromatic ring is 1. The van der Waals surface area contributed by atoms with Gasteiger partial charge >= 0.3 is 0 Å². The fraction of sp³-hybridized carbons (Fsp3) is 0.357. The van der Waals surface area contributed by atoms with E-state index in [1.54, 1.807) is 11.3 Å². The molecule has 0 unspecified atom stereocenters. The van der Waals surface area contributed by atoms with Crippen molar-refractivity contribution in [3.8, 4) is 0 Å². The number of benzene rings is 1. The van der Waals surface area contributed by atoms with Gasteiger partial charge in [-0.25, -0.2) is 4.98 Å². The molecule has 96 valence electrons. The van der Waals surface area contributed by atoms with Gasteiger partial charge < -0.3 is 5.73 Å². The van der Waals surface area contributed by atoms with E-state index in [1.165, 1.54) is 21.2 Å². The number of nitrogens with two attached hydrogens (primary N) is 1. The summed E-state index contributed by atoms with van der Waals surface area (Å²) in [4.78, 5) is 5.88. The zero-order chi connectivity index (χ0) is 13.0. The third kappa shape index (κ3) is 3.50. The standard InChI is InChI=1S/C14H18N2S2/c1-3-4-14-16-12(9-18-14)8-17-13-7-11(15)6-5-10(13)2/h5-7,9H,3-4,8,15H2,1-2H3. The summed E-state index contributed by atoms with van der Waals surface area (Å²) < 4.78 is 0. The summed E-state index contributed by atoms with van der Waals surface area (Å²) in [6.45, 7) is 4.30. The zero-order valence-electron chi connectivity index (χ0n) is 10.8. The number of nitrogens with zero attached hydrogens (tertiary/aromatic N) is 1. The molecule has 0 saturated carbocycles. The Labute approximate surface area is 117 Å². The second kappa shape index (κ2) is 6.25. The molecule has 1 aromatic heterocycles. The van der Waals surface area contributed by atoms with Crippen molar-refractivity contribution in [1.82, 2.24) is 4.98 Å². The SMILES string of the molecule is CCCc1nc(CSc2cc(N)ccc2C)cs1. The fourth-order valence-corrected chi connectivity index (χ4v) is 3.64. The van der Waals surface area contributed by atoms with Crippen molar-refractivity contribution in [2.24, 2.45) is 0 Å². The first-order valence-electron chi connectivity index (χ1n) is 6.11. The Balaban J connectivity index is 1.99. The predicted molar refractivity (Wildman–Crippen MR) is 81.3 cm³/mol. The molecule has 0 aliphatic heterocycles. The van der Waals surface area contributed by atoms with E-state index in [2.05, 4.69) is 30.3 Å². The summed E-state index contributed by atoms with van der Waals surface area (Å²) in [7, 11) is 0. The summed E-state index contributed by atoms with van der Waals surface area (Å²) in [5, 5.41) is 3.41. The summed E-state index contributed by atoms with van der Waals surface area (Å²) in [5.74, 6) is 0.921. The van der Waals surface area contributed by atoms with E-state index in [0.29, 0.717) is 0 Å². The molecule has 0 atom stereocenters. The van der Waals surface area contributed by atoms with Gasteiger partial charge in [-0.3, -0.25) is 0 Å². The van der Waals surface area contributed by atoms with Crippen molar-refractivity contribution in [3.63, 3.8) is 0 Å². The largest absolute Gasteiger partial charge is 0.399 e. The van der Waals surface area contributed by atoms with Gasteiger partial charge in [-0.05, 0) is 37.5 Å². The fourth-order valence-electron chi connectivity index (χ4n) is 1.67. The monoisotopic (exact) mass is 278 g/mol. The minimum Gasteiger partial charge on any atom is -0.399 e. The van der Waals surface area contributed by atoms with Crippen molar-refractivity contribution in [1.29, 1.82) is 0 Å². The maximum Gasteiger partial charge on any atom is 0.0928 e. The average molecular weight is 278 g/mol. The Morgan fingerprint density at radius 3 is 3.00 bits per heavy atom. The van der Waals surface area contributed by atoms with E-state index in [0.717, 1.165) is 24.3 Å². The van der Waals surface area contributed by atoms with Crippen LogP contribution >= 0.6 is 23.1 Å².